The molecule has 1 rings (SSSR count). The van der Waals surface area contributed by atoms with Gasteiger partial charge in [-0.1, -0.05) is 69.2 Å². The zero-order valence-corrected chi connectivity index (χ0v) is 27.3. The number of hydrogen-bond acceptors (Lipinski definition) is 7. The highest BCUT2D eigenvalue weighted by molar-refractivity contribution is 5.90. The molecule has 0 aliphatic carbocycles. The third-order valence-electron chi connectivity index (χ3n) is 5.42. The Hall–Kier alpha value is -3.08. The number of benzene rings is 1. The zero-order valence-electron chi connectivity index (χ0n) is 27.3. The Kier molecular flexibility index (Phi) is 23.0. The summed E-state index contributed by atoms with van der Waals surface area (Å²) in [4.78, 5) is 45.3. The van der Waals surface area contributed by atoms with E-state index in [4.69, 9.17) is 9.84 Å². The number of Topliss-reactive ketones (excluding diaryl/α,β-unsaturated/α-hetero) is 1. The second-order valence-electron chi connectivity index (χ2n) is 11.6. The molecule has 1 atom stereocenters. The molecule has 0 fully saturated rings. The molecule has 10 heteroatoms. The predicted octanol–water partition coefficient (Wildman–Crippen LogP) is 3.28. The number of rotatable bonds is 16. The summed E-state index contributed by atoms with van der Waals surface area (Å²) in [5.74, 6) is -1.04. The summed E-state index contributed by atoms with van der Waals surface area (Å²) in [6.45, 7) is 21.7. The minimum atomic E-state index is -0.822. The summed E-state index contributed by atoms with van der Waals surface area (Å²) in [7, 11) is 0. The number of ether oxygens (including phenoxy) is 1. The molecule has 10 nitrogen and oxygen atoms in total. The lowest BCUT2D eigenvalue weighted by molar-refractivity contribution is -0.128. The second kappa shape index (κ2) is 23.5. The number of amides is 3. The van der Waals surface area contributed by atoms with Crippen LogP contribution in [0.3, 0.4) is 0 Å². The molecule has 0 heterocycles. The Balaban J connectivity index is 0. The van der Waals surface area contributed by atoms with Gasteiger partial charge in [-0.05, 0) is 53.4 Å². The van der Waals surface area contributed by atoms with E-state index in [1.165, 1.54) is 18.1 Å². The maximum absolute atomic E-state index is 11.4. The molecule has 0 bridgehead atoms. The molecule has 1 aromatic carbocycles. The number of ketones is 1. The highest BCUT2D eigenvalue weighted by Crippen LogP contribution is 2.20. The van der Waals surface area contributed by atoms with Gasteiger partial charge in [0, 0.05) is 5.92 Å². The number of carbonyl (C=O) groups excluding carboxylic acids is 4. The number of aliphatic hydroxyl groups is 1. The Morgan fingerprint density at radius 2 is 1.33 bits per heavy atom. The van der Waals surface area contributed by atoms with Crippen molar-refractivity contribution >= 4 is 23.5 Å². The van der Waals surface area contributed by atoms with Crippen molar-refractivity contribution < 1.29 is 29.0 Å². The van der Waals surface area contributed by atoms with Crippen LogP contribution in [0, 0.1) is 18.8 Å². The largest absolute Gasteiger partial charge is 0.379 e. The van der Waals surface area contributed by atoms with E-state index in [9.17, 15) is 19.2 Å². The smallest absolute Gasteiger partial charge is 0.239 e. The number of hydrogen-bond donors (Lipinski definition) is 5. The molecule has 0 aliphatic heterocycles. The SMILES string of the molecule is C=C(C)CCOC(C)(C)CC(C)C.CC(O)NCC(=O)NCC(=O)NCC(=O)NCC(=O)C(C)C.Cc1ccccc1. The summed E-state index contributed by atoms with van der Waals surface area (Å²) in [5, 5.41) is 18.4. The van der Waals surface area contributed by atoms with Gasteiger partial charge < -0.3 is 25.8 Å². The first-order valence-corrected chi connectivity index (χ1v) is 14.5. The maximum atomic E-state index is 11.4. The summed E-state index contributed by atoms with van der Waals surface area (Å²) >= 11 is 0. The Morgan fingerprint density at radius 1 is 0.857 bits per heavy atom. The number of aliphatic hydroxyl groups excluding tert-OH is 1. The van der Waals surface area contributed by atoms with Gasteiger partial charge in [0.25, 0.3) is 0 Å². The van der Waals surface area contributed by atoms with Gasteiger partial charge in [0.1, 0.15) is 6.23 Å². The van der Waals surface area contributed by atoms with Crippen LogP contribution in [0.1, 0.15) is 73.8 Å². The van der Waals surface area contributed by atoms with Gasteiger partial charge in [0.05, 0.1) is 38.4 Å². The van der Waals surface area contributed by atoms with Crippen LogP contribution in [-0.4, -0.2) is 73.2 Å². The first-order chi connectivity index (χ1) is 19.4. The lowest BCUT2D eigenvalue weighted by atomic mass is 9.96. The van der Waals surface area contributed by atoms with Crippen molar-refractivity contribution in [3.05, 3.63) is 48.0 Å². The standard InChI is InChI=1S/C13H24N4O5.C12H24O.C7H8/c1-8(2)10(19)4-15-12(21)6-17-13(22)7-16-11(20)5-14-9(3)18;1-10(2)7-8-13-12(5,6)9-11(3)4;1-7-5-3-2-4-6-7/h8-9,14,18H,4-7H2,1-3H3,(H,15,21)(H,16,20)(H,17,22);11H,1,7-9H2,2-6H3;2-6H,1H3. The molecule has 0 radical (unpaired) electrons. The van der Waals surface area contributed by atoms with E-state index in [0.29, 0.717) is 5.92 Å². The van der Waals surface area contributed by atoms with Crippen LogP contribution in [0.15, 0.2) is 42.5 Å². The van der Waals surface area contributed by atoms with E-state index in [-0.39, 0.29) is 43.5 Å². The topological polar surface area (TPSA) is 146 Å². The summed E-state index contributed by atoms with van der Waals surface area (Å²) < 4.78 is 5.79. The zero-order chi connectivity index (χ0) is 32.7. The van der Waals surface area contributed by atoms with Gasteiger partial charge in [-0.15, -0.1) is 6.58 Å². The van der Waals surface area contributed by atoms with Gasteiger partial charge in [0.15, 0.2) is 5.78 Å². The predicted molar refractivity (Wildman–Crippen MR) is 169 cm³/mol. The molecule has 0 saturated heterocycles. The van der Waals surface area contributed by atoms with E-state index in [2.05, 4.69) is 74.6 Å². The highest BCUT2D eigenvalue weighted by Gasteiger charge is 2.19. The molecule has 1 unspecified atom stereocenters. The monoisotopic (exact) mass is 592 g/mol. The van der Waals surface area contributed by atoms with Crippen molar-refractivity contribution in [1.82, 2.24) is 21.3 Å². The summed E-state index contributed by atoms with van der Waals surface area (Å²) in [5.41, 5.74) is 2.53. The van der Waals surface area contributed by atoms with Gasteiger partial charge in [-0.3, -0.25) is 24.5 Å². The Bertz CT molecular complexity index is 930. The fourth-order valence-electron chi connectivity index (χ4n) is 3.25. The third kappa shape index (κ3) is 28.4. The molecule has 3 amide bonds. The first-order valence-electron chi connectivity index (χ1n) is 14.5. The summed E-state index contributed by atoms with van der Waals surface area (Å²) in [6, 6.07) is 10.3. The molecule has 240 valence electrons. The normalized spacial score (nSPS) is 11.3. The molecule has 0 spiro atoms. The molecule has 42 heavy (non-hydrogen) atoms. The van der Waals surface area contributed by atoms with Crippen LogP contribution in [0.25, 0.3) is 0 Å². The highest BCUT2D eigenvalue weighted by atomic mass is 16.5. The van der Waals surface area contributed by atoms with E-state index < -0.39 is 23.9 Å². The third-order valence-corrected chi connectivity index (χ3v) is 5.42. The van der Waals surface area contributed by atoms with Crippen molar-refractivity contribution in [3.8, 4) is 0 Å². The van der Waals surface area contributed by atoms with E-state index >= 15 is 0 Å². The fraction of sp³-hybridized carbons (Fsp3) is 0.625. The quantitative estimate of drug-likeness (QED) is 0.146. The van der Waals surface area contributed by atoms with Gasteiger partial charge >= 0.3 is 0 Å². The molecule has 0 saturated carbocycles. The van der Waals surface area contributed by atoms with Gasteiger partial charge in [0.2, 0.25) is 17.7 Å². The molecular formula is C32H56N4O6. The maximum Gasteiger partial charge on any atom is 0.239 e. The average Bonchev–Trinajstić information content (AvgIpc) is 2.88. The number of carbonyl (C=O) groups is 4. The van der Waals surface area contributed by atoms with Crippen molar-refractivity contribution in [2.24, 2.45) is 11.8 Å². The molecule has 5 N–H and O–H groups in total. The Labute approximate surface area is 253 Å². The van der Waals surface area contributed by atoms with Crippen LogP contribution in [0.2, 0.25) is 0 Å². The van der Waals surface area contributed by atoms with E-state index in [0.717, 1.165) is 19.4 Å². The first kappa shape index (κ1) is 41.1. The molecule has 0 aliphatic rings. The second-order valence-corrected chi connectivity index (χ2v) is 11.6. The number of nitrogens with one attached hydrogen (secondary N) is 4. The number of aryl methyl sites for hydroxylation is 1. The van der Waals surface area contributed by atoms with Crippen molar-refractivity contribution in [3.63, 3.8) is 0 Å². The average molecular weight is 593 g/mol. The van der Waals surface area contributed by atoms with Crippen LogP contribution in [0.4, 0.5) is 0 Å². The van der Waals surface area contributed by atoms with Crippen molar-refractivity contribution in [1.29, 1.82) is 0 Å². The summed E-state index contributed by atoms with van der Waals surface area (Å²) in [6.07, 6.45) is 1.27. The van der Waals surface area contributed by atoms with E-state index in [1.54, 1.807) is 13.8 Å². The Morgan fingerprint density at radius 3 is 1.71 bits per heavy atom. The van der Waals surface area contributed by atoms with Gasteiger partial charge in [-0.25, -0.2) is 0 Å². The van der Waals surface area contributed by atoms with E-state index in [1.807, 2.05) is 25.1 Å². The fourth-order valence-corrected chi connectivity index (χ4v) is 3.25. The lowest BCUT2D eigenvalue weighted by Gasteiger charge is -2.27. The van der Waals surface area contributed by atoms with Crippen LogP contribution >= 0.6 is 0 Å². The lowest BCUT2D eigenvalue weighted by Crippen LogP contribution is -2.45. The van der Waals surface area contributed by atoms with Crippen LogP contribution < -0.4 is 21.3 Å². The molecule has 0 aromatic heterocycles. The van der Waals surface area contributed by atoms with Crippen molar-refractivity contribution in [2.75, 3.05) is 32.8 Å². The molecule has 1 aromatic rings. The van der Waals surface area contributed by atoms with Gasteiger partial charge in [-0.2, -0.15) is 0 Å². The minimum absolute atomic E-state index is 0.0175. The van der Waals surface area contributed by atoms with Crippen LogP contribution in [0.5, 0.6) is 0 Å². The van der Waals surface area contributed by atoms with Crippen molar-refractivity contribution in [2.45, 2.75) is 87.0 Å². The van der Waals surface area contributed by atoms with Crippen LogP contribution in [-0.2, 0) is 23.9 Å². The molecular weight excluding hydrogens is 536 g/mol. The minimum Gasteiger partial charge on any atom is -0.379 e.